The summed E-state index contributed by atoms with van der Waals surface area (Å²) < 4.78 is 35.7. The molecule has 2 fully saturated rings. The van der Waals surface area contributed by atoms with Gasteiger partial charge in [0, 0.05) is 62.9 Å². The molecule has 1 aromatic carbocycles. The number of aromatic nitrogens is 3. The number of ether oxygens (including phenoxy) is 1. The Morgan fingerprint density at radius 2 is 1.87 bits per heavy atom. The molecule has 0 atom stereocenters. The summed E-state index contributed by atoms with van der Waals surface area (Å²) in [5.74, 6) is -0.522. The molecule has 0 radical (unpaired) electrons. The first-order chi connectivity index (χ1) is 21.8. The zero-order chi connectivity index (χ0) is 31.6. The van der Waals surface area contributed by atoms with Crippen LogP contribution in [0.5, 0.6) is 5.75 Å². The average Bonchev–Trinajstić information content (AvgIpc) is 3.47. The molecule has 5 heterocycles. The van der Waals surface area contributed by atoms with Gasteiger partial charge in [0.1, 0.15) is 35.1 Å². The Morgan fingerprint density at radius 3 is 2.56 bits per heavy atom. The fraction of sp³-hybridized carbons (Fsp3) is 0.364. The van der Waals surface area contributed by atoms with Crippen molar-refractivity contribution in [2.45, 2.75) is 38.1 Å². The van der Waals surface area contributed by atoms with Gasteiger partial charge in [-0.1, -0.05) is 0 Å². The molecule has 10 nitrogen and oxygen atoms in total. The number of benzene rings is 1. The summed E-state index contributed by atoms with van der Waals surface area (Å²) in [5.41, 5.74) is 1.67. The van der Waals surface area contributed by atoms with Gasteiger partial charge in [0.05, 0.1) is 41.2 Å². The molecule has 0 saturated carbocycles. The van der Waals surface area contributed by atoms with Gasteiger partial charge in [0.15, 0.2) is 0 Å². The largest absolute Gasteiger partial charge is 0.492 e. The number of piperidine rings is 2. The van der Waals surface area contributed by atoms with Crippen molar-refractivity contribution >= 4 is 23.0 Å². The summed E-state index contributed by atoms with van der Waals surface area (Å²) >= 11 is 0. The Labute approximate surface area is 259 Å². The number of likely N-dealkylation sites (tertiary alicyclic amines) is 1. The minimum Gasteiger partial charge on any atom is -0.492 e. The Hall–Kier alpha value is -4.89. The van der Waals surface area contributed by atoms with Crippen molar-refractivity contribution in [1.29, 1.82) is 5.26 Å². The normalized spacial score (nSPS) is 16.8. The number of nitriles is 1. The smallest absolute Gasteiger partial charge is 0.254 e. The number of nitrogens with zero attached hydrogens (tertiary/aromatic N) is 6. The van der Waals surface area contributed by atoms with Gasteiger partial charge in [-0.3, -0.25) is 9.59 Å². The molecule has 2 aliphatic rings. The van der Waals surface area contributed by atoms with Crippen molar-refractivity contribution in [2.24, 2.45) is 0 Å². The maximum absolute atomic E-state index is 14.5. The average molecular weight is 614 g/mol. The molecule has 0 unspecified atom stereocenters. The summed E-state index contributed by atoms with van der Waals surface area (Å²) in [5, 5.41) is 17.0. The summed E-state index contributed by atoms with van der Waals surface area (Å²) in [6.07, 6.45) is 7.03. The predicted octanol–water partition coefficient (Wildman–Crippen LogP) is 4.38. The molecule has 6 rings (SSSR count). The Balaban J connectivity index is 1.22. The second-order valence-corrected chi connectivity index (χ2v) is 11.6. The van der Waals surface area contributed by atoms with Crippen LogP contribution in [-0.2, 0) is 4.79 Å². The van der Waals surface area contributed by atoms with Gasteiger partial charge in [-0.05, 0) is 56.2 Å². The van der Waals surface area contributed by atoms with E-state index in [-0.39, 0.29) is 11.3 Å². The maximum atomic E-state index is 14.5. The van der Waals surface area contributed by atoms with E-state index in [0.717, 1.165) is 35.1 Å². The van der Waals surface area contributed by atoms with E-state index < -0.39 is 23.1 Å². The van der Waals surface area contributed by atoms with Crippen molar-refractivity contribution in [2.75, 3.05) is 44.2 Å². The number of Topliss-reactive ketones (excluding diaryl/α,β-unsaturated/α-hetero) is 1. The van der Waals surface area contributed by atoms with Gasteiger partial charge >= 0.3 is 0 Å². The molecule has 0 spiro atoms. The number of amides is 1. The lowest BCUT2D eigenvalue weighted by atomic mass is 9.85. The van der Waals surface area contributed by atoms with Crippen LogP contribution in [0.15, 0.2) is 55.0 Å². The lowest BCUT2D eigenvalue weighted by Crippen LogP contribution is -2.61. The summed E-state index contributed by atoms with van der Waals surface area (Å²) in [4.78, 5) is 34.1. The molecule has 0 bridgehead atoms. The van der Waals surface area contributed by atoms with Crippen LogP contribution in [-0.4, -0.2) is 76.1 Å². The van der Waals surface area contributed by atoms with Crippen LogP contribution < -0.4 is 15.0 Å². The number of carbonyl (C=O) groups is 2. The highest BCUT2D eigenvalue weighted by molar-refractivity contribution is 5.95. The van der Waals surface area contributed by atoms with Crippen molar-refractivity contribution in [3.05, 3.63) is 77.8 Å². The van der Waals surface area contributed by atoms with E-state index in [0.29, 0.717) is 81.8 Å². The highest BCUT2D eigenvalue weighted by Gasteiger charge is 2.39. The molecule has 12 heteroatoms. The Morgan fingerprint density at radius 1 is 1.09 bits per heavy atom. The lowest BCUT2D eigenvalue weighted by molar-refractivity contribution is -0.121. The zero-order valence-corrected chi connectivity index (χ0v) is 24.9. The number of anilines is 1. The van der Waals surface area contributed by atoms with E-state index >= 15 is 0 Å². The Bertz CT molecular complexity index is 1770. The van der Waals surface area contributed by atoms with E-state index in [1.807, 2.05) is 25.1 Å². The van der Waals surface area contributed by atoms with Crippen LogP contribution in [0.4, 0.5) is 14.6 Å². The first-order valence-electron chi connectivity index (χ1n) is 15.0. The lowest BCUT2D eigenvalue weighted by Gasteiger charge is -2.45. The standard InChI is InChI=1S/C33H33F2N7O3/c1-2-45-26-16-27(31-23(17-36)19-38-42(31)20-26)22-3-6-30(37-18-22)41-13-9-33(10-14-41,21-40-11-7-25(43)8-12-40)39-32(44)28-15-24(34)4-5-29(28)35/h3-6,15-16,18-20H,2,7-14,21H2,1H3,(H,39,44). The second-order valence-electron chi connectivity index (χ2n) is 11.6. The first kappa shape index (κ1) is 30.1. The third kappa shape index (κ3) is 6.35. The fourth-order valence-corrected chi connectivity index (χ4v) is 6.23. The maximum Gasteiger partial charge on any atom is 0.254 e. The van der Waals surface area contributed by atoms with Crippen LogP contribution >= 0.6 is 0 Å². The van der Waals surface area contributed by atoms with Gasteiger partial charge < -0.3 is 19.9 Å². The monoisotopic (exact) mass is 613 g/mol. The first-order valence-corrected chi connectivity index (χ1v) is 15.0. The number of hydrogen-bond acceptors (Lipinski definition) is 8. The van der Waals surface area contributed by atoms with Gasteiger partial charge in [-0.15, -0.1) is 0 Å². The molecular formula is C33H33F2N7O3. The molecule has 232 valence electrons. The van der Waals surface area contributed by atoms with Gasteiger partial charge in [0.2, 0.25) is 0 Å². The number of nitrogens with one attached hydrogen (secondary N) is 1. The Kier molecular flexibility index (Phi) is 8.45. The number of halogens is 2. The summed E-state index contributed by atoms with van der Waals surface area (Å²) in [6.45, 7) is 5.21. The van der Waals surface area contributed by atoms with Crippen LogP contribution in [0, 0.1) is 23.0 Å². The molecule has 3 aromatic heterocycles. The molecule has 2 aliphatic heterocycles. The van der Waals surface area contributed by atoms with E-state index in [1.54, 1.807) is 16.9 Å². The minimum absolute atomic E-state index is 0.220. The molecule has 1 amide bonds. The highest BCUT2D eigenvalue weighted by atomic mass is 19.1. The molecule has 1 N–H and O–H groups in total. The molecule has 4 aromatic rings. The number of carbonyl (C=O) groups excluding carboxylic acids is 2. The molecule has 2 saturated heterocycles. The van der Waals surface area contributed by atoms with Crippen molar-refractivity contribution in [1.82, 2.24) is 24.8 Å². The van der Waals surface area contributed by atoms with E-state index in [4.69, 9.17) is 9.72 Å². The number of rotatable bonds is 8. The molecule has 45 heavy (non-hydrogen) atoms. The van der Waals surface area contributed by atoms with E-state index in [1.165, 1.54) is 6.20 Å². The van der Waals surface area contributed by atoms with E-state index in [2.05, 4.69) is 26.3 Å². The van der Waals surface area contributed by atoms with Gasteiger partial charge in [0.25, 0.3) is 5.91 Å². The number of ketones is 1. The van der Waals surface area contributed by atoms with Crippen LogP contribution in [0.3, 0.4) is 0 Å². The van der Waals surface area contributed by atoms with Crippen LogP contribution in [0.1, 0.15) is 48.5 Å². The zero-order valence-electron chi connectivity index (χ0n) is 24.9. The van der Waals surface area contributed by atoms with Crippen molar-refractivity contribution in [3.8, 4) is 22.9 Å². The third-order valence-corrected chi connectivity index (χ3v) is 8.61. The van der Waals surface area contributed by atoms with Crippen LogP contribution in [0.2, 0.25) is 0 Å². The topological polar surface area (TPSA) is 116 Å². The molecular weight excluding hydrogens is 580 g/mol. The van der Waals surface area contributed by atoms with Crippen molar-refractivity contribution in [3.63, 3.8) is 0 Å². The quantitative estimate of drug-likeness (QED) is 0.312. The fourth-order valence-electron chi connectivity index (χ4n) is 6.23. The third-order valence-electron chi connectivity index (χ3n) is 8.61. The number of hydrogen-bond donors (Lipinski definition) is 1. The minimum atomic E-state index is -0.781. The number of fused-ring (bicyclic) bond motifs is 1. The van der Waals surface area contributed by atoms with Crippen molar-refractivity contribution < 1.29 is 23.1 Å². The van der Waals surface area contributed by atoms with Gasteiger partial charge in [-0.2, -0.15) is 10.4 Å². The summed E-state index contributed by atoms with van der Waals surface area (Å²) in [6, 6.07) is 10.8. The SMILES string of the molecule is CCOc1cc(-c2ccc(N3CCC(CN4CCC(=O)CC4)(NC(=O)c4cc(F)ccc4F)CC3)nc2)c2c(C#N)cnn2c1. The van der Waals surface area contributed by atoms with Crippen LogP contribution in [0.25, 0.3) is 16.6 Å². The number of pyridine rings is 2. The predicted molar refractivity (Wildman–Crippen MR) is 163 cm³/mol. The summed E-state index contributed by atoms with van der Waals surface area (Å²) in [7, 11) is 0. The van der Waals surface area contributed by atoms with Gasteiger partial charge in [-0.25, -0.2) is 18.3 Å². The molecule has 0 aliphatic carbocycles. The second kappa shape index (κ2) is 12.6. The van der Waals surface area contributed by atoms with E-state index in [9.17, 15) is 23.6 Å². The highest BCUT2D eigenvalue weighted by Crippen LogP contribution is 2.33.